The number of rotatable bonds is 2. The maximum Gasteiger partial charge on any atom is 0.0517 e. The molecule has 0 fully saturated rings. The number of hydrogen-bond acceptors (Lipinski definition) is 1. The van der Waals surface area contributed by atoms with Gasteiger partial charge >= 0.3 is 0 Å². The molecule has 100 valence electrons. The van der Waals surface area contributed by atoms with Gasteiger partial charge in [-0.3, -0.25) is 0 Å². The summed E-state index contributed by atoms with van der Waals surface area (Å²) in [5.74, 6) is 0. The fourth-order valence-corrected chi connectivity index (χ4v) is 2.87. The Morgan fingerprint density at radius 2 is 1.40 bits per heavy atom. The fraction of sp³-hybridized carbons (Fsp3) is 0.158. The van der Waals surface area contributed by atoms with Gasteiger partial charge in [0.25, 0.3) is 0 Å². The molecule has 3 aromatic rings. The van der Waals surface area contributed by atoms with Crippen molar-refractivity contribution in [3.63, 3.8) is 0 Å². The average Bonchev–Trinajstić information content (AvgIpc) is 2.47. The summed E-state index contributed by atoms with van der Waals surface area (Å²) in [6.07, 6.45) is 0. The minimum Gasteiger partial charge on any atom is -0.344 e. The maximum atomic E-state index is 2.30. The van der Waals surface area contributed by atoms with Gasteiger partial charge in [0.15, 0.2) is 0 Å². The molecule has 0 unspecified atom stereocenters. The number of anilines is 2. The monoisotopic (exact) mass is 261 g/mol. The molecule has 0 radical (unpaired) electrons. The van der Waals surface area contributed by atoms with Crippen LogP contribution in [0, 0.1) is 13.8 Å². The molecule has 3 rings (SSSR count). The van der Waals surface area contributed by atoms with Gasteiger partial charge in [0.05, 0.1) is 5.69 Å². The molecule has 20 heavy (non-hydrogen) atoms. The predicted octanol–water partition coefficient (Wildman–Crippen LogP) is 5.22. The molecular weight excluding hydrogens is 242 g/mol. The fourth-order valence-electron chi connectivity index (χ4n) is 2.87. The third kappa shape index (κ3) is 2.05. The van der Waals surface area contributed by atoms with Gasteiger partial charge in [0.2, 0.25) is 0 Å². The van der Waals surface area contributed by atoms with Gasteiger partial charge in [-0.1, -0.05) is 54.6 Å². The molecule has 3 aromatic carbocycles. The average molecular weight is 261 g/mol. The van der Waals surface area contributed by atoms with Crippen LogP contribution in [0.3, 0.4) is 0 Å². The van der Waals surface area contributed by atoms with E-state index in [9.17, 15) is 0 Å². The molecule has 0 aliphatic heterocycles. The Hall–Kier alpha value is -2.28. The van der Waals surface area contributed by atoms with Crippen molar-refractivity contribution in [3.05, 3.63) is 71.8 Å². The number of fused-ring (bicyclic) bond motifs is 1. The maximum absolute atomic E-state index is 2.30. The molecule has 0 aliphatic rings. The van der Waals surface area contributed by atoms with Crippen LogP contribution in [0.25, 0.3) is 10.8 Å². The van der Waals surface area contributed by atoms with Crippen LogP contribution >= 0.6 is 0 Å². The van der Waals surface area contributed by atoms with Crippen molar-refractivity contribution in [3.8, 4) is 0 Å². The van der Waals surface area contributed by atoms with E-state index in [-0.39, 0.29) is 0 Å². The summed E-state index contributed by atoms with van der Waals surface area (Å²) in [5.41, 5.74) is 5.14. The van der Waals surface area contributed by atoms with Crippen molar-refractivity contribution in [2.24, 2.45) is 0 Å². The Morgan fingerprint density at radius 1 is 0.700 bits per heavy atom. The lowest BCUT2D eigenvalue weighted by Crippen LogP contribution is -2.12. The minimum absolute atomic E-state index is 1.26. The van der Waals surface area contributed by atoms with Crippen LogP contribution in [-0.4, -0.2) is 7.05 Å². The lowest BCUT2D eigenvalue weighted by atomic mass is 10.0. The van der Waals surface area contributed by atoms with Crippen molar-refractivity contribution in [1.29, 1.82) is 0 Å². The highest BCUT2D eigenvalue weighted by molar-refractivity contribution is 5.97. The third-order valence-corrected chi connectivity index (χ3v) is 3.91. The van der Waals surface area contributed by atoms with E-state index in [1.165, 1.54) is 33.3 Å². The molecule has 0 bridgehead atoms. The van der Waals surface area contributed by atoms with Gasteiger partial charge < -0.3 is 4.90 Å². The molecule has 0 saturated heterocycles. The quantitative estimate of drug-likeness (QED) is 0.611. The normalized spacial score (nSPS) is 10.8. The van der Waals surface area contributed by atoms with Crippen molar-refractivity contribution >= 4 is 22.1 Å². The summed E-state index contributed by atoms with van der Waals surface area (Å²) in [6, 6.07) is 21.5. The summed E-state index contributed by atoms with van der Waals surface area (Å²) in [5, 5.41) is 2.59. The molecule has 0 atom stereocenters. The molecular formula is C19H19N. The first-order valence-electron chi connectivity index (χ1n) is 6.96. The first-order valence-corrected chi connectivity index (χ1v) is 6.96. The number of nitrogens with zero attached hydrogens (tertiary/aromatic N) is 1. The Balaban J connectivity index is 2.24. The van der Waals surface area contributed by atoms with E-state index in [1.54, 1.807) is 0 Å². The predicted molar refractivity (Wildman–Crippen MR) is 87.9 cm³/mol. The molecule has 0 saturated carbocycles. The zero-order valence-corrected chi connectivity index (χ0v) is 12.2. The Morgan fingerprint density at radius 3 is 2.20 bits per heavy atom. The van der Waals surface area contributed by atoms with Crippen molar-refractivity contribution in [2.75, 3.05) is 11.9 Å². The van der Waals surface area contributed by atoms with E-state index in [2.05, 4.69) is 86.5 Å². The van der Waals surface area contributed by atoms with Gasteiger partial charge in [-0.15, -0.1) is 0 Å². The summed E-state index contributed by atoms with van der Waals surface area (Å²) < 4.78 is 0. The summed E-state index contributed by atoms with van der Waals surface area (Å²) >= 11 is 0. The molecule has 0 amide bonds. The molecule has 0 spiro atoms. The number of para-hydroxylation sites is 1. The summed E-state index contributed by atoms with van der Waals surface area (Å²) in [4.78, 5) is 2.30. The van der Waals surface area contributed by atoms with Crippen LogP contribution in [0.5, 0.6) is 0 Å². The largest absolute Gasteiger partial charge is 0.344 e. The van der Waals surface area contributed by atoms with Crippen LogP contribution in [0.1, 0.15) is 11.1 Å². The smallest absolute Gasteiger partial charge is 0.0517 e. The molecule has 1 heteroatoms. The van der Waals surface area contributed by atoms with E-state index < -0.39 is 0 Å². The van der Waals surface area contributed by atoms with Crippen LogP contribution < -0.4 is 4.90 Å². The number of benzene rings is 3. The van der Waals surface area contributed by atoms with Gasteiger partial charge in [0.1, 0.15) is 0 Å². The topological polar surface area (TPSA) is 3.24 Å². The van der Waals surface area contributed by atoms with E-state index >= 15 is 0 Å². The van der Waals surface area contributed by atoms with Crippen LogP contribution in [0.15, 0.2) is 60.7 Å². The molecule has 0 heterocycles. The SMILES string of the molecule is Cc1ccccc1N(C)c1c(C)ccc2ccccc12. The molecule has 0 N–H and O–H groups in total. The third-order valence-electron chi connectivity index (χ3n) is 3.91. The van der Waals surface area contributed by atoms with Crippen molar-refractivity contribution < 1.29 is 0 Å². The highest BCUT2D eigenvalue weighted by Crippen LogP contribution is 2.35. The van der Waals surface area contributed by atoms with Gasteiger partial charge in [-0.05, 0) is 36.4 Å². The van der Waals surface area contributed by atoms with Gasteiger partial charge in [-0.25, -0.2) is 0 Å². The first-order chi connectivity index (χ1) is 9.68. The Kier molecular flexibility index (Phi) is 3.19. The van der Waals surface area contributed by atoms with E-state index in [4.69, 9.17) is 0 Å². The van der Waals surface area contributed by atoms with Crippen molar-refractivity contribution in [1.82, 2.24) is 0 Å². The second kappa shape index (κ2) is 5.01. The second-order valence-corrected chi connectivity index (χ2v) is 5.30. The summed E-state index contributed by atoms with van der Waals surface area (Å²) in [6.45, 7) is 4.34. The summed E-state index contributed by atoms with van der Waals surface area (Å²) in [7, 11) is 2.15. The van der Waals surface area contributed by atoms with Crippen molar-refractivity contribution in [2.45, 2.75) is 13.8 Å². The van der Waals surface area contributed by atoms with E-state index in [0.717, 1.165) is 0 Å². The van der Waals surface area contributed by atoms with E-state index in [1.807, 2.05) is 0 Å². The lowest BCUT2D eigenvalue weighted by molar-refractivity contribution is 1.18. The van der Waals surface area contributed by atoms with Crippen LogP contribution in [0.4, 0.5) is 11.4 Å². The van der Waals surface area contributed by atoms with Crippen LogP contribution in [0.2, 0.25) is 0 Å². The Labute approximate surface area is 120 Å². The van der Waals surface area contributed by atoms with E-state index in [0.29, 0.717) is 0 Å². The zero-order valence-electron chi connectivity index (χ0n) is 12.2. The second-order valence-electron chi connectivity index (χ2n) is 5.30. The standard InChI is InChI=1S/C19H19N/c1-14-8-4-7-11-18(14)20(3)19-15(2)12-13-16-9-5-6-10-17(16)19/h4-13H,1-3H3. The lowest BCUT2D eigenvalue weighted by Gasteiger charge is -2.25. The van der Waals surface area contributed by atoms with Gasteiger partial charge in [0, 0.05) is 18.1 Å². The zero-order chi connectivity index (χ0) is 14.1. The first kappa shape index (κ1) is 12.7. The number of aryl methyl sites for hydroxylation is 2. The Bertz CT molecular complexity index is 759. The number of hydrogen-bond donors (Lipinski definition) is 0. The molecule has 1 nitrogen and oxygen atoms in total. The molecule has 0 aliphatic carbocycles. The molecule has 0 aromatic heterocycles. The van der Waals surface area contributed by atoms with Crippen LogP contribution in [-0.2, 0) is 0 Å². The minimum atomic E-state index is 1.26. The highest BCUT2D eigenvalue weighted by atomic mass is 15.1. The highest BCUT2D eigenvalue weighted by Gasteiger charge is 2.12. The van der Waals surface area contributed by atoms with Gasteiger partial charge in [-0.2, -0.15) is 0 Å².